The number of pyridine rings is 1. The zero-order valence-electron chi connectivity index (χ0n) is 20.5. The summed E-state index contributed by atoms with van der Waals surface area (Å²) < 4.78 is 25.5. The van der Waals surface area contributed by atoms with E-state index in [2.05, 4.69) is 36.6 Å². The highest BCUT2D eigenvalue weighted by atomic mass is 19.1. The van der Waals surface area contributed by atoms with Gasteiger partial charge in [0.1, 0.15) is 12.9 Å². The van der Waals surface area contributed by atoms with Crippen LogP contribution in [0.15, 0.2) is 30.3 Å². The van der Waals surface area contributed by atoms with E-state index >= 15 is 0 Å². The van der Waals surface area contributed by atoms with Gasteiger partial charge in [0.2, 0.25) is 5.69 Å². The first kappa shape index (κ1) is 19.7. The predicted molar refractivity (Wildman–Crippen MR) is 124 cm³/mol. The van der Waals surface area contributed by atoms with Crippen molar-refractivity contribution in [3.05, 3.63) is 64.1 Å². The number of hydrogen-bond donors (Lipinski definition) is 0. The number of rotatable bonds is 2. The van der Waals surface area contributed by atoms with E-state index in [4.69, 9.17) is 1.37 Å². The first-order chi connectivity index (χ1) is 14.5. The minimum atomic E-state index is -0.121. The van der Waals surface area contributed by atoms with Crippen LogP contribution < -0.4 is 4.57 Å². The maximum Gasteiger partial charge on any atom is 0.220 e. The SMILES string of the molecule is [2H]c1c(C)[n+](C)c(-c2cc(C)c(F)c(C)c2C)c2ccc(C3CCC(C)(C)CC3)cc12. The summed E-state index contributed by atoms with van der Waals surface area (Å²) in [7, 11) is 2.02. The molecule has 1 heterocycles. The number of aryl methyl sites for hydroxylation is 1. The topological polar surface area (TPSA) is 3.88 Å². The van der Waals surface area contributed by atoms with E-state index in [0.29, 0.717) is 28.5 Å². The lowest BCUT2D eigenvalue weighted by Gasteiger charge is -2.34. The Labute approximate surface area is 182 Å². The number of hydrogen-bond acceptors (Lipinski definition) is 0. The molecule has 158 valence electrons. The van der Waals surface area contributed by atoms with Crippen LogP contribution >= 0.6 is 0 Å². The van der Waals surface area contributed by atoms with Gasteiger partial charge in [0.05, 0.1) is 12.3 Å². The second-order valence-corrected chi connectivity index (χ2v) is 10.2. The van der Waals surface area contributed by atoms with Crippen molar-refractivity contribution < 1.29 is 10.3 Å². The monoisotopic (exact) mass is 405 g/mol. The van der Waals surface area contributed by atoms with Gasteiger partial charge >= 0.3 is 0 Å². The van der Waals surface area contributed by atoms with Crippen LogP contribution in [0.5, 0.6) is 0 Å². The smallest absolute Gasteiger partial charge is 0.206 e. The Balaban J connectivity index is 1.92. The summed E-state index contributed by atoms with van der Waals surface area (Å²) >= 11 is 0. The molecule has 0 bridgehead atoms. The van der Waals surface area contributed by atoms with E-state index in [1.807, 2.05) is 40.8 Å². The van der Waals surface area contributed by atoms with E-state index in [0.717, 1.165) is 33.3 Å². The van der Waals surface area contributed by atoms with Crippen LogP contribution in [0.4, 0.5) is 4.39 Å². The number of nitrogens with zero attached hydrogens (tertiary/aromatic N) is 1. The quantitative estimate of drug-likeness (QED) is 0.391. The molecule has 0 spiro atoms. The van der Waals surface area contributed by atoms with Crippen molar-refractivity contribution in [1.82, 2.24) is 0 Å². The molecule has 1 saturated carbocycles. The molecule has 1 nitrogen and oxygen atoms in total. The molecule has 0 unspecified atom stereocenters. The van der Waals surface area contributed by atoms with Crippen LogP contribution in [0.3, 0.4) is 0 Å². The molecule has 0 radical (unpaired) electrons. The molecule has 1 aliphatic rings. The van der Waals surface area contributed by atoms with Crippen LogP contribution in [0.25, 0.3) is 22.0 Å². The van der Waals surface area contributed by atoms with Gasteiger partial charge < -0.3 is 0 Å². The highest BCUT2D eigenvalue weighted by Gasteiger charge is 2.28. The molecule has 1 aliphatic carbocycles. The molecule has 0 amide bonds. The highest BCUT2D eigenvalue weighted by Crippen LogP contribution is 2.43. The fourth-order valence-electron chi connectivity index (χ4n) is 5.11. The molecule has 4 rings (SSSR count). The molecule has 2 heteroatoms. The number of fused-ring (bicyclic) bond motifs is 1. The van der Waals surface area contributed by atoms with Gasteiger partial charge in [-0.2, -0.15) is 4.57 Å². The summed E-state index contributed by atoms with van der Waals surface area (Å²) in [6.07, 6.45) is 4.94. The Morgan fingerprint density at radius 1 is 1.03 bits per heavy atom. The van der Waals surface area contributed by atoms with Crippen molar-refractivity contribution in [2.75, 3.05) is 0 Å². The van der Waals surface area contributed by atoms with Crippen molar-refractivity contribution in [2.24, 2.45) is 12.5 Å². The van der Waals surface area contributed by atoms with Crippen molar-refractivity contribution in [1.29, 1.82) is 0 Å². The van der Waals surface area contributed by atoms with Crippen LogP contribution in [0, 0.1) is 38.9 Å². The second-order valence-electron chi connectivity index (χ2n) is 10.2. The van der Waals surface area contributed by atoms with Gasteiger partial charge in [-0.05, 0) is 97.6 Å². The number of aromatic nitrogens is 1. The minimum Gasteiger partial charge on any atom is -0.206 e. The Morgan fingerprint density at radius 3 is 2.37 bits per heavy atom. The van der Waals surface area contributed by atoms with Gasteiger partial charge in [-0.1, -0.05) is 26.0 Å². The standard InChI is InChI=1S/C28H35FN/c1-17-14-25(19(3)20(4)26(17)29)27-24-9-8-22(16-23(24)15-18(2)30(27)7)21-10-12-28(5,6)13-11-21/h8-9,14-16,21H,10-13H2,1-7H3/q+1/i15D. The molecule has 30 heavy (non-hydrogen) atoms. The summed E-state index contributed by atoms with van der Waals surface area (Å²) in [5, 5.41) is 2.08. The van der Waals surface area contributed by atoms with E-state index in [1.54, 1.807) is 0 Å². The Kier molecular flexibility index (Phi) is 4.92. The summed E-state index contributed by atoms with van der Waals surface area (Å²) in [5.74, 6) is 0.455. The van der Waals surface area contributed by atoms with E-state index < -0.39 is 0 Å². The summed E-state index contributed by atoms with van der Waals surface area (Å²) in [6, 6.07) is 9.28. The van der Waals surface area contributed by atoms with Crippen molar-refractivity contribution in [3.8, 4) is 11.3 Å². The van der Waals surface area contributed by atoms with Gasteiger partial charge in [0.15, 0.2) is 5.69 Å². The lowest BCUT2D eigenvalue weighted by atomic mass is 9.71. The lowest BCUT2D eigenvalue weighted by molar-refractivity contribution is -0.665. The first-order valence-electron chi connectivity index (χ1n) is 11.7. The number of halogens is 1. The molecule has 1 fully saturated rings. The number of benzene rings is 2. The molecule has 1 aromatic heterocycles. The minimum absolute atomic E-state index is 0.121. The van der Waals surface area contributed by atoms with Gasteiger partial charge in [-0.3, -0.25) is 0 Å². The van der Waals surface area contributed by atoms with E-state index in [1.165, 1.54) is 31.2 Å². The summed E-state index contributed by atoms with van der Waals surface area (Å²) in [4.78, 5) is 0. The zero-order chi connectivity index (χ0) is 22.7. The average molecular weight is 406 g/mol. The van der Waals surface area contributed by atoms with Gasteiger partial charge in [-0.25, -0.2) is 4.39 Å². The van der Waals surface area contributed by atoms with Crippen LogP contribution in [0.2, 0.25) is 0 Å². The third-order valence-electron chi connectivity index (χ3n) is 7.52. The Bertz CT molecular complexity index is 1180. The zero-order valence-corrected chi connectivity index (χ0v) is 19.5. The maximum atomic E-state index is 14.5. The molecule has 3 aromatic rings. The Morgan fingerprint density at radius 2 is 1.70 bits per heavy atom. The van der Waals surface area contributed by atoms with E-state index in [-0.39, 0.29) is 5.82 Å². The van der Waals surface area contributed by atoms with Crippen molar-refractivity contribution >= 4 is 10.8 Å². The van der Waals surface area contributed by atoms with Crippen LogP contribution in [-0.4, -0.2) is 0 Å². The van der Waals surface area contributed by atoms with Gasteiger partial charge in [0, 0.05) is 13.0 Å². The molecular formula is C28H35FN+. The van der Waals surface area contributed by atoms with Gasteiger partial charge in [-0.15, -0.1) is 0 Å². The molecule has 0 N–H and O–H groups in total. The fourth-order valence-corrected chi connectivity index (χ4v) is 5.11. The second kappa shape index (κ2) is 7.48. The summed E-state index contributed by atoms with van der Waals surface area (Å²) in [6.45, 7) is 12.5. The molecule has 0 aliphatic heterocycles. The normalized spacial score (nSPS) is 17.4. The molecule has 2 aromatic carbocycles. The molecule has 0 atom stereocenters. The van der Waals surface area contributed by atoms with Crippen molar-refractivity contribution in [3.63, 3.8) is 0 Å². The fraction of sp³-hybridized carbons (Fsp3) is 0.464. The van der Waals surface area contributed by atoms with Crippen LogP contribution in [0.1, 0.15) is 74.8 Å². The third kappa shape index (κ3) is 3.55. The maximum absolute atomic E-state index is 14.5. The van der Waals surface area contributed by atoms with Crippen molar-refractivity contribution in [2.45, 2.75) is 73.1 Å². The first-order valence-corrected chi connectivity index (χ1v) is 11.2. The average Bonchev–Trinajstić information content (AvgIpc) is 2.74. The van der Waals surface area contributed by atoms with Crippen LogP contribution in [-0.2, 0) is 7.05 Å². The summed E-state index contributed by atoms with van der Waals surface area (Å²) in [5.41, 5.74) is 7.21. The largest absolute Gasteiger partial charge is 0.220 e. The Hall–Kier alpha value is -2.22. The van der Waals surface area contributed by atoms with Gasteiger partial charge in [0.25, 0.3) is 0 Å². The molecular weight excluding hydrogens is 369 g/mol. The van der Waals surface area contributed by atoms with E-state index in [9.17, 15) is 4.39 Å². The predicted octanol–water partition coefficient (Wildman–Crippen LogP) is 7.39. The molecule has 0 saturated heterocycles. The highest BCUT2D eigenvalue weighted by molar-refractivity contribution is 5.94. The lowest BCUT2D eigenvalue weighted by Crippen LogP contribution is -2.35. The third-order valence-corrected chi connectivity index (χ3v) is 7.52.